The van der Waals surface area contributed by atoms with Gasteiger partial charge in [-0.1, -0.05) is 6.92 Å². The van der Waals surface area contributed by atoms with Crippen molar-refractivity contribution in [2.75, 3.05) is 20.2 Å². The van der Waals surface area contributed by atoms with Gasteiger partial charge in [0, 0.05) is 25.1 Å². The third kappa shape index (κ3) is 3.00. The molecule has 19 heavy (non-hydrogen) atoms. The topological polar surface area (TPSA) is 66.8 Å². The van der Waals surface area contributed by atoms with Crippen LogP contribution in [0.15, 0.2) is 16.3 Å². The molecule has 0 radical (unpaired) electrons. The Bertz CT molecular complexity index is 526. The van der Waals surface area contributed by atoms with Crippen LogP contribution in [-0.4, -0.2) is 44.1 Å². The zero-order valence-corrected chi connectivity index (χ0v) is 12.7. The standard InChI is InChI=1S/C12H19NO4S2/c1-9-5-6-13(7-11(9)17-2)19(15,16)12-4-3-10(8-14)18-12/h3-4,9,11,14H,5-8H2,1-2H3. The van der Waals surface area contributed by atoms with Crippen molar-refractivity contribution in [3.8, 4) is 0 Å². The molecular formula is C12H19NO4S2. The van der Waals surface area contributed by atoms with Gasteiger partial charge in [-0.05, 0) is 24.5 Å². The molecule has 2 rings (SSSR count). The molecule has 1 aliphatic rings. The van der Waals surface area contributed by atoms with E-state index in [0.29, 0.717) is 28.1 Å². The Morgan fingerprint density at radius 2 is 2.26 bits per heavy atom. The molecule has 108 valence electrons. The van der Waals surface area contributed by atoms with Crippen LogP contribution in [0.4, 0.5) is 0 Å². The predicted octanol–water partition coefficient (Wildman–Crippen LogP) is 1.29. The lowest BCUT2D eigenvalue weighted by Gasteiger charge is -2.35. The van der Waals surface area contributed by atoms with Crippen molar-refractivity contribution in [1.29, 1.82) is 0 Å². The van der Waals surface area contributed by atoms with Gasteiger partial charge in [0.1, 0.15) is 4.21 Å². The largest absolute Gasteiger partial charge is 0.391 e. The molecule has 0 spiro atoms. The minimum absolute atomic E-state index is 0.0548. The first kappa shape index (κ1) is 14.9. The number of piperidine rings is 1. The fourth-order valence-corrected chi connectivity index (χ4v) is 5.08. The molecule has 1 aromatic heterocycles. The van der Waals surface area contributed by atoms with Gasteiger partial charge in [-0.3, -0.25) is 0 Å². The van der Waals surface area contributed by atoms with Crippen LogP contribution in [-0.2, 0) is 21.4 Å². The van der Waals surface area contributed by atoms with Crippen molar-refractivity contribution in [2.45, 2.75) is 30.3 Å². The van der Waals surface area contributed by atoms with Gasteiger partial charge < -0.3 is 9.84 Å². The second kappa shape index (κ2) is 5.88. The van der Waals surface area contributed by atoms with Crippen molar-refractivity contribution in [1.82, 2.24) is 4.31 Å². The summed E-state index contributed by atoms with van der Waals surface area (Å²) in [7, 11) is -1.84. The number of hydrogen-bond donors (Lipinski definition) is 1. The van der Waals surface area contributed by atoms with Crippen molar-refractivity contribution in [3.63, 3.8) is 0 Å². The first-order valence-electron chi connectivity index (χ1n) is 6.21. The Kier molecular flexibility index (Phi) is 4.62. The molecule has 1 aliphatic heterocycles. The maximum Gasteiger partial charge on any atom is 0.252 e. The van der Waals surface area contributed by atoms with Gasteiger partial charge in [-0.15, -0.1) is 11.3 Å². The average Bonchev–Trinajstić information content (AvgIpc) is 2.88. The maximum absolute atomic E-state index is 12.5. The molecule has 0 saturated carbocycles. The van der Waals surface area contributed by atoms with Gasteiger partial charge in [0.15, 0.2) is 0 Å². The number of nitrogens with zero attached hydrogens (tertiary/aromatic N) is 1. The minimum Gasteiger partial charge on any atom is -0.391 e. The maximum atomic E-state index is 12.5. The number of rotatable bonds is 4. The summed E-state index contributed by atoms with van der Waals surface area (Å²) in [5.74, 6) is 0.368. The third-order valence-electron chi connectivity index (χ3n) is 3.54. The zero-order valence-electron chi connectivity index (χ0n) is 11.1. The lowest BCUT2D eigenvalue weighted by molar-refractivity contribution is 0.0184. The van der Waals surface area contributed by atoms with Gasteiger partial charge in [-0.25, -0.2) is 8.42 Å². The molecule has 0 aliphatic carbocycles. The van der Waals surface area contributed by atoms with E-state index >= 15 is 0 Å². The highest BCUT2D eigenvalue weighted by molar-refractivity contribution is 7.91. The van der Waals surface area contributed by atoms with Crippen LogP contribution in [0, 0.1) is 5.92 Å². The first-order chi connectivity index (χ1) is 8.98. The average molecular weight is 305 g/mol. The van der Waals surface area contributed by atoms with E-state index in [1.54, 1.807) is 19.2 Å². The van der Waals surface area contributed by atoms with E-state index in [9.17, 15) is 8.42 Å². The number of aliphatic hydroxyl groups excluding tert-OH is 1. The highest BCUT2D eigenvalue weighted by Crippen LogP contribution is 2.29. The number of methoxy groups -OCH3 is 1. The second-order valence-corrected chi connectivity index (χ2v) is 8.12. The molecule has 7 heteroatoms. The van der Waals surface area contributed by atoms with Gasteiger partial charge >= 0.3 is 0 Å². The molecule has 1 saturated heterocycles. The van der Waals surface area contributed by atoms with E-state index in [-0.39, 0.29) is 12.7 Å². The number of aliphatic hydroxyl groups is 1. The van der Waals surface area contributed by atoms with Crippen LogP contribution >= 0.6 is 11.3 Å². The highest BCUT2D eigenvalue weighted by atomic mass is 32.2. The molecule has 0 amide bonds. The minimum atomic E-state index is -3.46. The molecule has 2 unspecified atom stereocenters. The molecule has 2 heterocycles. The summed E-state index contributed by atoms with van der Waals surface area (Å²) in [5.41, 5.74) is 0. The van der Waals surface area contributed by atoms with Crippen LogP contribution in [0.2, 0.25) is 0 Å². The Balaban J connectivity index is 2.20. The number of sulfonamides is 1. The van der Waals surface area contributed by atoms with Crippen LogP contribution in [0.1, 0.15) is 18.2 Å². The smallest absolute Gasteiger partial charge is 0.252 e. The molecular weight excluding hydrogens is 286 g/mol. The molecule has 1 aromatic rings. The van der Waals surface area contributed by atoms with E-state index < -0.39 is 10.0 Å². The molecule has 0 aromatic carbocycles. The Labute approximate surface area is 117 Å². The molecule has 0 bridgehead atoms. The summed E-state index contributed by atoms with van der Waals surface area (Å²) in [4.78, 5) is 0.659. The summed E-state index contributed by atoms with van der Waals surface area (Å²) in [6.07, 6.45) is 0.747. The fourth-order valence-electron chi connectivity index (χ4n) is 2.24. The van der Waals surface area contributed by atoms with Crippen molar-refractivity contribution in [2.24, 2.45) is 5.92 Å². The Morgan fingerprint density at radius 1 is 1.53 bits per heavy atom. The van der Waals surface area contributed by atoms with Crippen LogP contribution in [0.5, 0.6) is 0 Å². The predicted molar refractivity (Wildman–Crippen MR) is 73.6 cm³/mol. The van der Waals surface area contributed by atoms with E-state index in [4.69, 9.17) is 9.84 Å². The molecule has 2 atom stereocenters. The number of ether oxygens (including phenoxy) is 1. The molecule has 1 N–H and O–H groups in total. The van der Waals surface area contributed by atoms with Crippen LogP contribution in [0.25, 0.3) is 0 Å². The molecule has 5 nitrogen and oxygen atoms in total. The lowest BCUT2D eigenvalue weighted by atomic mass is 9.97. The van der Waals surface area contributed by atoms with E-state index in [2.05, 4.69) is 6.92 Å². The van der Waals surface area contributed by atoms with Crippen molar-refractivity contribution in [3.05, 3.63) is 17.0 Å². The van der Waals surface area contributed by atoms with E-state index in [0.717, 1.165) is 17.8 Å². The quantitative estimate of drug-likeness (QED) is 0.910. The Morgan fingerprint density at radius 3 is 2.84 bits per heavy atom. The first-order valence-corrected chi connectivity index (χ1v) is 8.47. The summed E-state index contributed by atoms with van der Waals surface area (Å²) in [6.45, 7) is 2.87. The normalized spacial score (nSPS) is 25.6. The van der Waals surface area contributed by atoms with Crippen molar-refractivity contribution < 1.29 is 18.3 Å². The summed E-state index contributed by atoms with van der Waals surface area (Å²) < 4.78 is 32.1. The second-order valence-electron chi connectivity index (χ2n) is 4.78. The SMILES string of the molecule is COC1CN(S(=O)(=O)c2ccc(CO)s2)CCC1C. The summed E-state index contributed by atoms with van der Waals surface area (Å²) in [5, 5.41) is 9.02. The monoisotopic (exact) mass is 305 g/mol. The van der Waals surface area contributed by atoms with Gasteiger partial charge in [0.25, 0.3) is 10.0 Å². The summed E-state index contributed by atoms with van der Waals surface area (Å²) in [6, 6.07) is 3.21. The third-order valence-corrected chi connectivity index (χ3v) is 6.94. The van der Waals surface area contributed by atoms with Gasteiger partial charge in [0.2, 0.25) is 0 Å². The highest BCUT2D eigenvalue weighted by Gasteiger charge is 2.34. The number of thiophene rings is 1. The van der Waals surface area contributed by atoms with Gasteiger partial charge in [0.05, 0.1) is 12.7 Å². The van der Waals surface area contributed by atoms with E-state index in [1.807, 2.05) is 0 Å². The summed E-state index contributed by atoms with van der Waals surface area (Å²) >= 11 is 1.12. The zero-order chi connectivity index (χ0) is 14.0. The van der Waals surface area contributed by atoms with Crippen molar-refractivity contribution >= 4 is 21.4 Å². The fraction of sp³-hybridized carbons (Fsp3) is 0.667. The Hall–Kier alpha value is -0.470. The lowest BCUT2D eigenvalue weighted by Crippen LogP contribution is -2.46. The van der Waals surface area contributed by atoms with Crippen LogP contribution < -0.4 is 0 Å². The number of hydrogen-bond acceptors (Lipinski definition) is 5. The van der Waals surface area contributed by atoms with E-state index in [1.165, 1.54) is 4.31 Å². The van der Waals surface area contributed by atoms with Gasteiger partial charge in [-0.2, -0.15) is 4.31 Å². The van der Waals surface area contributed by atoms with Crippen LogP contribution in [0.3, 0.4) is 0 Å². The molecule has 1 fully saturated rings.